The predicted molar refractivity (Wildman–Crippen MR) is 74.1 cm³/mol. The Labute approximate surface area is 120 Å². The van der Waals surface area contributed by atoms with Gasteiger partial charge in [0.15, 0.2) is 5.82 Å². The lowest BCUT2D eigenvalue weighted by atomic mass is 9.99. The summed E-state index contributed by atoms with van der Waals surface area (Å²) in [5, 5.41) is 4.97. The van der Waals surface area contributed by atoms with E-state index in [0.29, 0.717) is 27.3 Å². The monoisotopic (exact) mass is 297 g/mol. The summed E-state index contributed by atoms with van der Waals surface area (Å²) in [5.74, 6) is 0.860. The third kappa shape index (κ3) is 2.24. The molecular formula is C13H13Cl2N3O. The Kier molecular flexibility index (Phi) is 3.25. The molecule has 1 saturated carbocycles. The number of hydrogen-bond acceptors (Lipinski definition) is 4. The van der Waals surface area contributed by atoms with Crippen molar-refractivity contribution in [3.8, 4) is 11.5 Å². The Hall–Kier alpha value is -1.10. The summed E-state index contributed by atoms with van der Waals surface area (Å²) in [5.41, 5.74) is 6.38. The van der Waals surface area contributed by atoms with Gasteiger partial charge >= 0.3 is 0 Å². The SMILES string of the molecule is NC1(c2noc(-c3c(Cl)cccc3Cl)n2)CCCC1. The molecule has 19 heavy (non-hydrogen) atoms. The molecule has 0 aliphatic heterocycles. The van der Waals surface area contributed by atoms with E-state index in [1.165, 1.54) is 0 Å². The lowest BCUT2D eigenvalue weighted by Gasteiger charge is -2.17. The number of hydrogen-bond donors (Lipinski definition) is 1. The van der Waals surface area contributed by atoms with E-state index in [4.69, 9.17) is 33.5 Å². The summed E-state index contributed by atoms with van der Waals surface area (Å²) in [6.07, 6.45) is 3.94. The molecule has 0 atom stereocenters. The maximum Gasteiger partial charge on any atom is 0.261 e. The van der Waals surface area contributed by atoms with Gasteiger partial charge in [-0.2, -0.15) is 4.98 Å². The summed E-state index contributed by atoms with van der Waals surface area (Å²) < 4.78 is 5.28. The van der Waals surface area contributed by atoms with Crippen molar-refractivity contribution in [3.05, 3.63) is 34.1 Å². The summed E-state index contributed by atoms with van der Waals surface area (Å²) in [4.78, 5) is 4.38. The van der Waals surface area contributed by atoms with Crippen LogP contribution >= 0.6 is 23.2 Å². The minimum Gasteiger partial charge on any atom is -0.334 e. The van der Waals surface area contributed by atoms with Gasteiger partial charge in [0.25, 0.3) is 5.89 Å². The Morgan fingerprint density at radius 2 is 1.79 bits per heavy atom. The van der Waals surface area contributed by atoms with Crippen molar-refractivity contribution in [2.45, 2.75) is 31.2 Å². The number of rotatable bonds is 2. The van der Waals surface area contributed by atoms with Crippen molar-refractivity contribution in [2.75, 3.05) is 0 Å². The summed E-state index contributed by atoms with van der Waals surface area (Å²) in [6.45, 7) is 0. The molecule has 1 aliphatic rings. The first-order valence-electron chi connectivity index (χ1n) is 6.18. The minimum absolute atomic E-state index is 0.322. The molecule has 0 radical (unpaired) electrons. The van der Waals surface area contributed by atoms with Crippen LogP contribution in [0, 0.1) is 0 Å². The third-order valence-electron chi connectivity index (χ3n) is 3.54. The smallest absolute Gasteiger partial charge is 0.261 e. The molecule has 1 aromatic heterocycles. The van der Waals surface area contributed by atoms with Crippen LogP contribution in [-0.2, 0) is 5.54 Å². The normalized spacial score (nSPS) is 17.8. The van der Waals surface area contributed by atoms with Crippen molar-refractivity contribution in [2.24, 2.45) is 5.73 Å². The number of aromatic nitrogens is 2. The summed E-state index contributed by atoms with van der Waals surface area (Å²) in [6, 6.07) is 5.24. The van der Waals surface area contributed by atoms with Gasteiger partial charge < -0.3 is 10.3 Å². The van der Waals surface area contributed by atoms with Crippen LogP contribution in [0.4, 0.5) is 0 Å². The van der Waals surface area contributed by atoms with Gasteiger partial charge in [-0.25, -0.2) is 0 Å². The van der Waals surface area contributed by atoms with E-state index in [2.05, 4.69) is 10.1 Å². The lowest BCUT2D eigenvalue weighted by molar-refractivity contribution is 0.372. The van der Waals surface area contributed by atoms with Crippen molar-refractivity contribution < 1.29 is 4.52 Å². The summed E-state index contributed by atoms with van der Waals surface area (Å²) >= 11 is 12.2. The maximum atomic E-state index is 6.30. The van der Waals surface area contributed by atoms with E-state index in [1.54, 1.807) is 18.2 Å². The van der Waals surface area contributed by atoms with Crippen LogP contribution in [0.3, 0.4) is 0 Å². The molecule has 1 aromatic carbocycles. The van der Waals surface area contributed by atoms with Crippen LogP contribution < -0.4 is 5.73 Å². The van der Waals surface area contributed by atoms with E-state index < -0.39 is 5.54 Å². The second-order valence-corrected chi connectivity index (χ2v) is 5.70. The first-order valence-corrected chi connectivity index (χ1v) is 6.93. The molecule has 4 nitrogen and oxygen atoms in total. The molecule has 1 heterocycles. The van der Waals surface area contributed by atoms with Crippen molar-refractivity contribution >= 4 is 23.2 Å². The minimum atomic E-state index is -0.477. The Bertz CT molecular complexity index is 585. The van der Waals surface area contributed by atoms with Crippen LogP contribution in [0.25, 0.3) is 11.5 Å². The quantitative estimate of drug-likeness (QED) is 0.916. The highest BCUT2D eigenvalue weighted by molar-refractivity contribution is 6.38. The number of benzene rings is 1. The average Bonchev–Trinajstić information content (AvgIpc) is 2.99. The summed E-state index contributed by atoms with van der Waals surface area (Å²) in [7, 11) is 0. The third-order valence-corrected chi connectivity index (χ3v) is 4.17. The zero-order valence-corrected chi connectivity index (χ0v) is 11.7. The molecule has 2 N–H and O–H groups in total. The zero-order chi connectivity index (χ0) is 13.5. The first kappa shape index (κ1) is 12.9. The molecule has 0 spiro atoms. The highest BCUT2D eigenvalue weighted by Gasteiger charge is 2.36. The van der Waals surface area contributed by atoms with Gasteiger partial charge in [-0.05, 0) is 25.0 Å². The maximum absolute atomic E-state index is 6.30. The van der Waals surface area contributed by atoms with Crippen molar-refractivity contribution in [1.82, 2.24) is 10.1 Å². The molecular weight excluding hydrogens is 285 g/mol. The van der Waals surface area contributed by atoms with Crippen LogP contribution in [0.15, 0.2) is 22.7 Å². The highest BCUT2D eigenvalue weighted by Crippen LogP contribution is 2.38. The standard InChI is InChI=1S/C13H13Cl2N3O/c14-8-4-3-5-9(15)10(8)11-17-12(18-19-11)13(16)6-1-2-7-13/h3-5H,1-2,6-7,16H2. The second-order valence-electron chi connectivity index (χ2n) is 4.88. The van der Waals surface area contributed by atoms with Gasteiger partial charge in [-0.3, -0.25) is 0 Å². The molecule has 0 saturated heterocycles. The zero-order valence-electron chi connectivity index (χ0n) is 10.2. The molecule has 100 valence electrons. The van der Waals surface area contributed by atoms with E-state index >= 15 is 0 Å². The van der Waals surface area contributed by atoms with Crippen LogP contribution in [-0.4, -0.2) is 10.1 Å². The van der Waals surface area contributed by atoms with Gasteiger partial charge in [0.05, 0.1) is 21.1 Å². The van der Waals surface area contributed by atoms with Gasteiger partial charge in [0, 0.05) is 0 Å². The van der Waals surface area contributed by atoms with Crippen molar-refractivity contribution in [1.29, 1.82) is 0 Å². The Morgan fingerprint density at radius 1 is 1.16 bits per heavy atom. The van der Waals surface area contributed by atoms with E-state index in [1.807, 2.05) is 0 Å². The molecule has 2 aromatic rings. The Morgan fingerprint density at radius 3 is 2.42 bits per heavy atom. The fraction of sp³-hybridized carbons (Fsp3) is 0.385. The largest absolute Gasteiger partial charge is 0.334 e. The van der Waals surface area contributed by atoms with Crippen LogP contribution in [0.1, 0.15) is 31.5 Å². The predicted octanol–water partition coefficient (Wildman–Crippen LogP) is 3.77. The fourth-order valence-corrected chi connectivity index (χ4v) is 3.02. The topological polar surface area (TPSA) is 64.9 Å². The van der Waals surface area contributed by atoms with E-state index in [0.717, 1.165) is 25.7 Å². The molecule has 3 rings (SSSR count). The molecule has 1 aliphatic carbocycles. The second kappa shape index (κ2) is 4.78. The Balaban J connectivity index is 2.02. The molecule has 0 bridgehead atoms. The fourth-order valence-electron chi connectivity index (χ4n) is 2.46. The highest BCUT2D eigenvalue weighted by atomic mass is 35.5. The van der Waals surface area contributed by atoms with E-state index in [9.17, 15) is 0 Å². The number of nitrogens with zero attached hydrogens (tertiary/aromatic N) is 2. The van der Waals surface area contributed by atoms with Gasteiger partial charge in [0.2, 0.25) is 0 Å². The van der Waals surface area contributed by atoms with Crippen LogP contribution in [0.2, 0.25) is 10.0 Å². The number of nitrogens with two attached hydrogens (primary N) is 1. The number of halogens is 2. The van der Waals surface area contributed by atoms with Gasteiger partial charge in [-0.15, -0.1) is 0 Å². The molecule has 0 amide bonds. The average molecular weight is 298 g/mol. The molecule has 0 unspecified atom stereocenters. The van der Waals surface area contributed by atoms with Crippen molar-refractivity contribution in [3.63, 3.8) is 0 Å². The molecule has 1 fully saturated rings. The molecule has 6 heteroatoms. The van der Waals surface area contributed by atoms with E-state index in [-0.39, 0.29) is 0 Å². The first-order chi connectivity index (χ1) is 9.10. The lowest BCUT2D eigenvalue weighted by Crippen LogP contribution is -2.34. The van der Waals surface area contributed by atoms with Crippen LogP contribution in [0.5, 0.6) is 0 Å². The van der Waals surface area contributed by atoms with Gasteiger partial charge in [-0.1, -0.05) is 47.3 Å². The van der Waals surface area contributed by atoms with Gasteiger partial charge in [0.1, 0.15) is 0 Å².